The Kier molecular flexibility index (Phi) is 5.25. The van der Waals surface area contributed by atoms with Crippen molar-refractivity contribution >= 4 is 10.0 Å². The number of nitrogens with zero attached hydrogens (tertiary/aromatic N) is 1. The van der Waals surface area contributed by atoms with Crippen LogP contribution in [0.15, 0.2) is 47.4 Å². The largest absolute Gasteiger partial charge is 0.243 e. The summed E-state index contributed by atoms with van der Waals surface area (Å²) < 4.78 is 40.5. The highest BCUT2D eigenvalue weighted by atomic mass is 32.2. The van der Waals surface area contributed by atoms with Crippen LogP contribution in [0.1, 0.15) is 29.5 Å². The van der Waals surface area contributed by atoms with E-state index in [0.717, 1.165) is 36.0 Å². The van der Waals surface area contributed by atoms with Gasteiger partial charge in [0.2, 0.25) is 10.0 Å². The van der Waals surface area contributed by atoms with Gasteiger partial charge in [0.05, 0.1) is 4.90 Å². The maximum Gasteiger partial charge on any atom is 0.243 e. The molecule has 0 spiro atoms. The van der Waals surface area contributed by atoms with Crippen LogP contribution in [0.3, 0.4) is 0 Å². The van der Waals surface area contributed by atoms with Crippen LogP contribution in [0.5, 0.6) is 0 Å². The van der Waals surface area contributed by atoms with Crippen molar-refractivity contribution in [1.82, 2.24) is 4.31 Å². The fourth-order valence-corrected chi connectivity index (χ4v) is 5.21. The fourth-order valence-electron chi connectivity index (χ4n) is 3.43. The number of halogens is 1. The molecule has 0 aromatic heterocycles. The molecule has 3 nitrogen and oxygen atoms in total. The molecule has 0 N–H and O–H groups in total. The van der Waals surface area contributed by atoms with Crippen molar-refractivity contribution < 1.29 is 12.8 Å². The van der Waals surface area contributed by atoms with E-state index in [9.17, 15) is 12.8 Å². The average molecular weight is 361 g/mol. The number of hydrogen-bond acceptors (Lipinski definition) is 2. The first kappa shape index (κ1) is 18.1. The minimum absolute atomic E-state index is 0.224. The van der Waals surface area contributed by atoms with Gasteiger partial charge in [-0.3, -0.25) is 0 Å². The Labute approximate surface area is 149 Å². The molecule has 1 heterocycles. The first-order chi connectivity index (χ1) is 11.9. The second kappa shape index (κ2) is 7.26. The zero-order valence-electron chi connectivity index (χ0n) is 14.7. The van der Waals surface area contributed by atoms with Gasteiger partial charge in [-0.25, -0.2) is 12.8 Å². The molecule has 0 radical (unpaired) electrons. The summed E-state index contributed by atoms with van der Waals surface area (Å²) in [5.41, 5.74) is 2.85. The summed E-state index contributed by atoms with van der Waals surface area (Å²) in [5.74, 6) is 0.216. The highest BCUT2D eigenvalue weighted by molar-refractivity contribution is 7.89. The van der Waals surface area contributed by atoms with E-state index in [0.29, 0.717) is 23.9 Å². The predicted octanol–water partition coefficient (Wildman–Crippen LogP) is 4.09. The quantitative estimate of drug-likeness (QED) is 0.823. The van der Waals surface area contributed by atoms with E-state index >= 15 is 0 Å². The first-order valence-corrected chi connectivity index (χ1v) is 10.1. The molecule has 1 aliphatic heterocycles. The molecule has 0 atom stereocenters. The van der Waals surface area contributed by atoms with Crippen molar-refractivity contribution in [2.75, 3.05) is 13.1 Å². The van der Waals surface area contributed by atoms with Gasteiger partial charge in [-0.2, -0.15) is 4.31 Å². The van der Waals surface area contributed by atoms with Gasteiger partial charge in [-0.05, 0) is 73.9 Å². The van der Waals surface area contributed by atoms with E-state index in [1.807, 2.05) is 38.1 Å². The summed E-state index contributed by atoms with van der Waals surface area (Å²) in [4.78, 5) is 0.421. The summed E-state index contributed by atoms with van der Waals surface area (Å²) in [6, 6.07) is 12.1. The molecular formula is C20H24FNO2S. The Bertz CT molecular complexity index is 838. The zero-order chi connectivity index (χ0) is 18.0. The van der Waals surface area contributed by atoms with Crippen LogP contribution in [-0.4, -0.2) is 25.8 Å². The fraction of sp³-hybridized carbons (Fsp3) is 0.400. The summed E-state index contributed by atoms with van der Waals surface area (Å²) in [5, 5.41) is 0. The lowest BCUT2D eigenvalue weighted by Crippen LogP contribution is -2.39. The highest BCUT2D eigenvalue weighted by Gasteiger charge is 2.30. The van der Waals surface area contributed by atoms with Crippen molar-refractivity contribution in [2.45, 2.75) is 38.0 Å². The van der Waals surface area contributed by atoms with Crippen LogP contribution < -0.4 is 0 Å². The standard InChI is InChI=1S/C20H24FNO2S/c1-15-3-4-16(2)20(13-15)25(23,24)22-11-9-18(10-12-22)14-17-5-7-19(21)8-6-17/h3-8,13,18H,9-12,14H2,1-2H3. The molecule has 0 amide bonds. The lowest BCUT2D eigenvalue weighted by atomic mass is 9.91. The van der Waals surface area contributed by atoms with Crippen molar-refractivity contribution in [2.24, 2.45) is 5.92 Å². The lowest BCUT2D eigenvalue weighted by molar-refractivity contribution is 0.272. The van der Waals surface area contributed by atoms with Crippen LogP contribution in [0.2, 0.25) is 0 Å². The summed E-state index contributed by atoms with van der Waals surface area (Å²) in [7, 11) is -3.43. The smallest absolute Gasteiger partial charge is 0.207 e. The molecule has 3 rings (SSSR count). The Balaban J connectivity index is 1.67. The molecule has 0 unspecified atom stereocenters. The van der Waals surface area contributed by atoms with Crippen LogP contribution in [0, 0.1) is 25.6 Å². The molecule has 25 heavy (non-hydrogen) atoms. The number of rotatable bonds is 4. The van der Waals surface area contributed by atoms with E-state index < -0.39 is 10.0 Å². The molecule has 0 saturated carbocycles. The first-order valence-electron chi connectivity index (χ1n) is 8.68. The van der Waals surface area contributed by atoms with Crippen LogP contribution >= 0.6 is 0 Å². The predicted molar refractivity (Wildman–Crippen MR) is 97.5 cm³/mol. The highest BCUT2D eigenvalue weighted by Crippen LogP contribution is 2.28. The van der Waals surface area contributed by atoms with Gasteiger partial charge < -0.3 is 0 Å². The summed E-state index contributed by atoms with van der Waals surface area (Å²) in [6.45, 7) is 4.84. The zero-order valence-corrected chi connectivity index (χ0v) is 15.5. The van der Waals surface area contributed by atoms with Crippen molar-refractivity contribution in [3.63, 3.8) is 0 Å². The van der Waals surface area contributed by atoms with Gasteiger partial charge in [0, 0.05) is 13.1 Å². The maximum absolute atomic E-state index is 13.0. The number of hydrogen-bond donors (Lipinski definition) is 0. The third-order valence-corrected chi connectivity index (χ3v) is 7.01. The Morgan fingerprint density at radius 2 is 1.68 bits per heavy atom. The minimum Gasteiger partial charge on any atom is -0.207 e. The summed E-state index contributed by atoms with van der Waals surface area (Å²) in [6.07, 6.45) is 2.54. The van der Waals surface area contributed by atoms with E-state index in [1.165, 1.54) is 12.1 Å². The van der Waals surface area contributed by atoms with E-state index in [1.54, 1.807) is 10.4 Å². The van der Waals surface area contributed by atoms with Gasteiger partial charge in [0.25, 0.3) is 0 Å². The SMILES string of the molecule is Cc1ccc(C)c(S(=O)(=O)N2CCC(Cc3ccc(F)cc3)CC2)c1. The molecule has 0 bridgehead atoms. The van der Waals surface area contributed by atoms with E-state index in [4.69, 9.17) is 0 Å². The molecule has 2 aromatic carbocycles. The van der Waals surface area contributed by atoms with Crippen molar-refractivity contribution in [1.29, 1.82) is 0 Å². The number of aryl methyl sites for hydroxylation is 2. The molecule has 0 aliphatic carbocycles. The number of piperidine rings is 1. The molecule has 2 aromatic rings. The molecule has 1 saturated heterocycles. The average Bonchev–Trinajstić information content (AvgIpc) is 2.59. The normalized spacial score (nSPS) is 16.9. The van der Waals surface area contributed by atoms with E-state index in [2.05, 4.69) is 0 Å². The third kappa shape index (κ3) is 4.10. The molecule has 134 valence electrons. The van der Waals surface area contributed by atoms with Crippen LogP contribution in [0.25, 0.3) is 0 Å². The van der Waals surface area contributed by atoms with Gasteiger partial charge >= 0.3 is 0 Å². The van der Waals surface area contributed by atoms with Crippen molar-refractivity contribution in [3.8, 4) is 0 Å². The minimum atomic E-state index is -3.43. The molecular weight excluding hydrogens is 337 g/mol. The molecule has 5 heteroatoms. The summed E-state index contributed by atoms with van der Waals surface area (Å²) >= 11 is 0. The molecule has 1 fully saturated rings. The van der Waals surface area contributed by atoms with Gasteiger partial charge in [-0.1, -0.05) is 24.3 Å². The third-order valence-electron chi connectivity index (χ3n) is 4.97. The topological polar surface area (TPSA) is 37.4 Å². The van der Waals surface area contributed by atoms with Gasteiger partial charge in [0.1, 0.15) is 5.82 Å². The molecule has 1 aliphatic rings. The van der Waals surface area contributed by atoms with Crippen LogP contribution in [0.4, 0.5) is 4.39 Å². The van der Waals surface area contributed by atoms with Gasteiger partial charge in [0.15, 0.2) is 0 Å². The second-order valence-corrected chi connectivity index (χ2v) is 8.85. The number of sulfonamides is 1. The second-order valence-electron chi connectivity index (χ2n) is 6.95. The lowest BCUT2D eigenvalue weighted by Gasteiger charge is -2.31. The Morgan fingerprint density at radius 3 is 2.32 bits per heavy atom. The Hall–Kier alpha value is -1.72. The van der Waals surface area contributed by atoms with Crippen molar-refractivity contribution in [3.05, 3.63) is 65.0 Å². The monoisotopic (exact) mass is 361 g/mol. The Morgan fingerprint density at radius 1 is 1.04 bits per heavy atom. The van der Waals surface area contributed by atoms with E-state index in [-0.39, 0.29) is 5.82 Å². The maximum atomic E-state index is 13.0. The van der Waals surface area contributed by atoms with Crippen LogP contribution in [-0.2, 0) is 16.4 Å². The number of benzene rings is 2. The van der Waals surface area contributed by atoms with Gasteiger partial charge in [-0.15, -0.1) is 0 Å².